The highest BCUT2D eigenvalue weighted by molar-refractivity contribution is 14.1. The predicted molar refractivity (Wildman–Crippen MR) is 73.2 cm³/mol. The van der Waals surface area contributed by atoms with Gasteiger partial charge in [0.2, 0.25) is 0 Å². The van der Waals surface area contributed by atoms with Gasteiger partial charge in [-0.05, 0) is 52.9 Å². The maximum atomic E-state index is 13.5. The van der Waals surface area contributed by atoms with Crippen molar-refractivity contribution in [3.8, 4) is 0 Å². The van der Waals surface area contributed by atoms with Gasteiger partial charge >= 0.3 is 0 Å². The molecule has 0 aliphatic carbocycles. The summed E-state index contributed by atoms with van der Waals surface area (Å²) in [5, 5.41) is 2.58. The van der Waals surface area contributed by atoms with E-state index in [0.717, 1.165) is 12.1 Å². The number of hydrogen-bond donors (Lipinski definition) is 2. The van der Waals surface area contributed by atoms with E-state index >= 15 is 0 Å². The summed E-state index contributed by atoms with van der Waals surface area (Å²) in [5.74, 6) is -2.01. The molecule has 0 fully saturated rings. The molecular weight excluding hydrogens is 356 g/mol. The van der Waals surface area contributed by atoms with Crippen LogP contribution in [0.4, 0.5) is 30.2 Å². The van der Waals surface area contributed by atoms with Gasteiger partial charge in [0.05, 0.1) is 5.69 Å². The molecule has 0 amide bonds. The van der Waals surface area contributed by atoms with Crippen LogP contribution in [0, 0.1) is 21.0 Å². The molecule has 2 nitrogen and oxygen atoms in total. The lowest BCUT2D eigenvalue weighted by Crippen LogP contribution is -2.01. The Bertz CT molecular complexity index is 579. The highest BCUT2D eigenvalue weighted by atomic mass is 127. The standard InChI is InChI=1S/C12H8F3IN2/c13-6-1-2-11(10(16)3-6)18-12-8(14)4-7(17)5-9(12)15/h1-5,18H,17H2. The first kappa shape index (κ1) is 13.0. The van der Waals surface area contributed by atoms with E-state index in [-0.39, 0.29) is 11.4 Å². The lowest BCUT2D eigenvalue weighted by molar-refractivity contribution is 0.592. The van der Waals surface area contributed by atoms with E-state index in [0.29, 0.717) is 9.26 Å². The molecule has 0 aliphatic heterocycles. The first-order valence-electron chi connectivity index (χ1n) is 4.94. The van der Waals surface area contributed by atoms with Crippen LogP contribution in [0.25, 0.3) is 0 Å². The van der Waals surface area contributed by atoms with Crippen LogP contribution in [0.15, 0.2) is 30.3 Å². The SMILES string of the molecule is Nc1cc(F)c(Nc2ccc(F)cc2I)c(F)c1. The highest BCUT2D eigenvalue weighted by Crippen LogP contribution is 2.28. The van der Waals surface area contributed by atoms with Gasteiger partial charge in [-0.1, -0.05) is 0 Å². The molecule has 2 rings (SSSR count). The predicted octanol–water partition coefficient (Wildman–Crippen LogP) is 4.03. The molecule has 2 aromatic rings. The van der Waals surface area contributed by atoms with Crippen LogP contribution in [-0.4, -0.2) is 0 Å². The maximum Gasteiger partial charge on any atom is 0.151 e. The van der Waals surface area contributed by atoms with Crippen LogP contribution in [0.5, 0.6) is 0 Å². The summed E-state index contributed by atoms with van der Waals surface area (Å²) in [5.41, 5.74) is 5.42. The van der Waals surface area contributed by atoms with Gasteiger partial charge in [0, 0.05) is 9.26 Å². The van der Waals surface area contributed by atoms with Crippen molar-refractivity contribution in [2.45, 2.75) is 0 Å². The van der Waals surface area contributed by atoms with Crippen molar-refractivity contribution in [3.05, 3.63) is 51.4 Å². The summed E-state index contributed by atoms with van der Waals surface area (Å²) in [6, 6.07) is 5.91. The van der Waals surface area contributed by atoms with Crippen molar-refractivity contribution in [3.63, 3.8) is 0 Å². The van der Waals surface area contributed by atoms with Gasteiger partial charge in [-0.25, -0.2) is 13.2 Å². The smallest absolute Gasteiger partial charge is 0.151 e. The number of nitrogen functional groups attached to an aromatic ring is 1. The third-order valence-electron chi connectivity index (χ3n) is 2.26. The van der Waals surface area contributed by atoms with E-state index in [1.165, 1.54) is 18.2 Å². The second-order valence-electron chi connectivity index (χ2n) is 3.61. The molecule has 18 heavy (non-hydrogen) atoms. The summed E-state index contributed by atoms with van der Waals surface area (Å²) in [6.45, 7) is 0. The largest absolute Gasteiger partial charge is 0.399 e. The molecule has 0 atom stereocenters. The zero-order valence-corrected chi connectivity index (χ0v) is 11.1. The van der Waals surface area contributed by atoms with Gasteiger partial charge in [0.15, 0.2) is 11.6 Å². The summed E-state index contributed by atoms with van der Waals surface area (Å²) in [6.07, 6.45) is 0. The van der Waals surface area contributed by atoms with Gasteiger partial charge in [-0.2, -0.15) is 0 Å². The third kappa shape index (κ3) is 2.69. The van der Waals surface area contributed by atoms with Crippen molar-refractivity contribution in [2.24, 2.45) is 0 Å². The fraction of sp³-hybridized carbons (Fsp3) is 0. The van der Waals surface area contributed by atoms with Crippen molar-refractivity contribution in [1.29, 1.82) is 0 Å². The molecule has 0 bridgehead atoms. The van der Waals surface area contributed by atoms with Gasteiger partial charge in [0.25, 0.3) is 0 Å². The maximum absolute atomic E-state index is 13.5. The Morgan fingerprint density at radius 2 is 1.61 bits per heavy atom. The minimum Gasteiger partial charge on any atom is -0.399 e. The van der Waals surface area contributed by atoms with Crippen LogP contribution in [0.3, 0.4) is 0 Å². The van der Waals surface area contributed by atoms with Crippen LogP contribution >= 0.6 is 22.6 Å². The average Bonchev–Trinajstić information content (AvgIpc) is 2.25. The van der Waals surface area contributed by atoms with E-state index in [4.69, 9.17) is 5.73 Å². The van der Waals surface area contributed by atoms with Crippen LogP contribution in [0.1, 0.15) is 0 Å². The molecule has 0 saturated heterocycles. The van der Waals surface area contributed by atoms with Gasteiger partial charge in [-0.15, -0.1) is 0 Å². The molecule has 2 aromatic carbocycles. The van der Waals surface area contributed by atoms with E-state index in [9.17, 15) is 13.2 Å². The minimum atomic E-state index is -0.798. The Morgan fingerprint density at radius 3 is 2.17 bits per heavy atom. The Morgan fingerprint density at radius 1 is 1.00 bits per heavy atom. The molecular formula is C12H8F3IN2. The summed E-state index contributed by atoms with van der Waals surface area (Å²) in [7, 11) is 0. The zero-order valence-electron chi connectivity index (χ0n) is 8.98. The molecule has 0 aromatic heterocycles. The number of anilines is 3. The second kappa shape index (κ2) is 5.05. The van der Waals surface area contributed by atoms with Crippen molar-refractivity contribution in [2.75, 3.05) is 11.1 Å². The molecule has 6 heteroatoms. The molecule has 0 heterocycles. The zero-order chi connectivity index (χ0) is 13.3. The Hall–Kier alpha value is -1.44. The number of rotatable bonds is 2. The van der Waals surface area contributed by atoms with Crippen molar-refractivity contribution >= 4 is 39.7 Å². The lowest BCUT2D eigenvalue weighted by atomic mass is 10.2. The monoisotopic (exact) mass is 364 g/mol. The summed E-state index contributed by atoms with van der Waals surface area (Å²) < 4.78 is 40.5. The number of nitrogens with two attached hydrogens (primary N) is 1. The number of benzene rings is 2. The van der Waals surface area contributed by atoms with Gasteiger partial charge in [0.1, 0.15) is 11.5 Å². The minimum absolute atomic E-state index is 0.00403. The van der Waals surface area contributed by atoms with Crippen molar-refractivity contribution in [1.82, 2.24) is 0 Å². The molecule has 3 N–H and O–H groups in total. The Labute approximate surface area is 115 Å². The Kier molecular flexibility index (Phi) is 3.65. The van der Waals surface area contributed by atoms with E-state index < -0.39 is 17.5 Å². The topological polar surface area (TPSA) is 38.0 Å². The highest BCUT2D eigenvalue weighted by Gasteiger charge is 2.12. The molecule has 0 radical (unpaired) electrons. The van der Waals surface area contributed by atoms with Gasteiger partial charge < -0.3 is 11.1 Å². The second-order valence-corrected chi connectivity index (χ2v) is 4.77. The quantitative estimate of drug-likeness (QED) is 0.624. The molecule has 0 aliphatic rings. The van der Waals surface area contributed by atoms with Gasteiger partial charge in [-0.3, -0.25) is 0 Å². The van der Waals surface area contributed by atoms with Crippen LogP contribution in [-0.2, 0) is 0 Å². The molecule has 0 unspecified atom stereocenters. The van der Waals surface area contributed by atoms with E-state index in [1.54, 1.807) is 0 Å². The fourth-order valence-corrected chi connectivity index (χ4v) is 2.05. The number of halogens is 4. The van der Waals surface area contributed by atoms with Crippen LogP contribution in [0.2, 0.25) is 0 Å². The third-order valence-corrected chi connectivity index (χ3v) is 3.15. The van der Waals surface area contributed by atoms with Crippen molar-refractivity contribution < 1.29 is 13.2 Å². The molecule has 0 saturated carbocycles. The molecule has 0 spiro atoms. The lowest BCUT2D eigenvalue weighted by Gasteiger charge is -2.11. The summed E-state index contributed by atoms with van der Waals surface area (Å²) in [4.78, 5) is 0. The Balaban J connectivity index is 2.40. The van der Waals surface area contributed by atoms with Crippen LogP contribution < -0.4 is 11.1 Å². The summed E-state index contributed by atoms with van der Waals surface area (Å²) >= 11 is 1.87. The first-order chi connectivity index (χ1) is 8.47. The number of hydrogen-bond acceptors (Lipinski definition) is 2. The average molecular weight is 364 g/mol. The normalized spacial score (nSPS) is 10.4. The van der Waals surface area contributed by atoms with E-state index in [2.05, 4.69) is 5.32 Å². The fourth-order valence-electron chi connectivity index (χ4n) is 1.44. The number of nitrogens with one attached hydrogen (secondary N) is 1. The van der Waals surface area contributed by atoms with E-state index in [1.807, 2.05) is 22.6 Å². The molecule has 94 valence electrons. The first-order valence-corrected chi connectivity index (χ1v) is 6.02.